The Balaban J connectivity index is 2.13. The van der Waals surface area contributed by atoms with Gasteiger partial charge in [0.1, 0.15) is 0 Å². The molecule has 0 amide bonds. The monoisotopic (exact) mass is 174 g/mol. The molecule has 3 heteroatoms. The zero-order chi connectivity index (χ0) is 7.84. The molecule has 2 atom stereocenters. The quantitative estimate of drug-likeness (QED) is 0.590. The maximum atomic E-state index is 11.6. The minimum atomic E-state index is -0.617. The molecule has 0 aromatic heterocycles. The molecular formula is C8H14O2S. The van der Waals surface area contributed by atoms with Gasteiger partial charge in [-0.05, 0) is 25.7 Å². The Kier molecular flexibility index (Phi) is 2.02. The van der Waals surface area contributed by atoms with Crippen LogP contribution in [-0.2, 0) is 10.8 Å². The normalized spacial score (nSPS) is 50.6. The highest BCUT2D eigenvalue weighted by molar-refractivity contribution is 7.86. The first-order chi connectivity index (χ1) is 5.27. The van der Waals surface area contributed by atoms with E-state index in [1.807, 2.05) is 0 Å². The molecule has 0 aliphatic carbocycles. The van der Waals surface area contributed by atoms with Crippen LogP contribution in [0, 0.1) is 0 Å². The Labute approximate surface area is 69.5 Å². The third-order valence-electron chi connectivity index (χ3n) is 2.78. The molecule has 0 saturated carbocycles. The summed E-state index contributed by atoms with van der Waals surface area (Å²) >= 11 is 0. The van der Waals surface area contributed by atoms with Crippen LogP contribution in [-0.4, -0.2) is 25.9 Å². The second-order valence-electron chi connectivity index (χ2n) is 3.63. The Morgan fingerprint density at radius 3 is 2.27 bits per heavy atom. The van der Waals surface area contributed by atoms with Gasteiger partial charge in [0.2, 0.25) is 0 Å². The molecule has 2 aliphatic heterocycles. The molecule has 2 fully saturated rings. The fraction of sp³-hybridized carbons (Fsp3) is 1.00. The van der Waals surface area contributed by atoms with Crippen LogP contribution >= 0.6 is 0 Å². The van der Waals surface area contributed by atoms with E-state index >= 15 is 0 Å². The second kappa shape index (κ2) is 2.87. The van der Waals surface area contributed by atoms with Crippen molar-refractivity contribution in [1.82, 2.24) is 0 Å². The summed E-state index contributed by atoms with van der Waals surface area (Å²) in [5, 5.41) is 10.0. The first-order valence-electron chi connectivity index (χ1n) is 4.35. The van der Waals surface area contributed by atoms with Crippen LogP contribution in [0.15, 0.2) is 0 Å². The molecular weight excluding hydrogens is 160 g/mol. The van der Waals surface area contributed by atoms with E-state index in [4.69, 9.17) is 0 Å². The minimum absolute atomic E-state index is 0.164. The van der Waals surface area contributed by atoms with E-state index in [9.17, 15) is 9.32 Å². The Bertz CT molecular complexity index is 165. The number of aliphatic hydroxyl groups excluding tert-OH is 1. The molecule has 2 rings (SSSR count). The summed E-state index contributed by atoms with van der Waals surface area (Å²) in [4.78, 5) is 0. The highest BCUT2D eigenvalue weighted by atomic mass is 32.2. The maximum absolute atomic E-state index is 11.6. The van der Waals surface area contributed by atoms with Crippen molar-refractivity contribution in [3.63, 3.8) is 0 Å². The van der Waals surface area contributed by atoms with Gasteiger partial charge in [-0.15, -0.1) is 0 Å². The Hall–Kier alpha value is 0.110. The standard InChI is InChI=1S/C8H14O2S/c9-6-4-7-2-1-3-8(5-6)11(7)10/h6-9H,1-5H2. The predicted octanol–water partition coefficient (Wildman–Crippen LogP) is 0.811. The molecule has 0 aromatic carbocycles. The third-order valence-corrected chi connectivity index (χ3v) is 4.95. The van der Waals surface area contributed by atoms with Gasteiger partial charge in [0.25, 0.3) is 0 Å². The van der Waals surface area contributed by atoms with Crippen LogP contribution in [0.2, 0.25) is 0 Å². The summed E-state index contributed by atoms with van der Waals surface area (Å²) in [5.41, 5.74) is 0. The Morgan fingerprint density at radius 2 is 1.73 bits per heavy atom. The number of aliphatic hydroxyl groups is 1. The smallest absolute Gasteiger partial charge is 0.0563 e. The largest absolute Gasteiger partial charge is 0.393 e. The van der Waals surface area contributed by atoms with Gasteiger partial charge >= 0.3 is 0 Å². The van der Waals surface area contributed by atoms with E-state index in [-0.39, 0.29) is 6.10 Å². The highest BCUT2D eigenvalue weighted by Gasteiger charge is 2.36. The number of hydrogen-bond acceptors (Lipinski definition) is 2. The van der Waals surface area contributed by atoms with Crippen LogP contribution in [0.5, 0.6) is 0 Å². The van der Waals surface area contributed by atoms with Gasteiger partial charge < -0.3 is 5.11 Å². The van der Waals surface area contributed by atoms with E-state index in [1.165, 1.54) is 6.42 Å². The molecule has 1 N–H and O–H groups in total. The van der Waals surface area contributed by atoms with Crippen LogP contribution in [0.1, 0.15) is 32.1 Å². The maximum Gasteiger partial charge on any atom is 0.0563 e. The van der Waals surface area contributed by atoms with Gasteiger partial charge in [0, 0.05) is 21.3 Å². The summed E-state index contributed by atoms with van der Waals surface area (Å²) < 4.78 is 11.6. The van der Waals surface area contributed by atoms with Crippen molar-refractivity contribution in [2.24, 2.45) is 0 Å². The van der Waals surface area contributed by atoms with Crippen LogP contribution in [0.4, 0.5) is 0 Å². The van der Waals surface area contributed by atoms with Gasteiger partial charge in [-0.1, -0.05) is 6.42 Å². The number of fused-ring (bicyclic) bond motifs is 2. The van der Waals surface area contributed by atoms with Crippen molar-refractivity contribution in [1.29, 1.82) is 0 Å². The van der Waals surface area contributed by atoms with Gasteiger partial charge in [0.05, 0.1) is 6.10 Å². The second-order valence-corrected chi connectivity index (χ2v) is 5.62. The van der Waals surface area contributed by atoms with Gasteiger partial charge in [-0.2, -0.15) is 0 Å². The average molecular weight is 174 g/mol. The molecule has 2 aliphatic rings. The first-order valence-corrected chi connectivity index (χ1v) is 5.62. The zero-order valence-electron chi connectivity index (χ0n) is 6.53. The van der Waals surface area contributed by atoms with Crippen molar-refractivity contribution in [2.75, 3.05) is 0 Å². The lowest BCUT2D eigenvalue weighted by Gasteiger charge is -2.36. The molecule has 11 heavy (non-hydrogen) atoms. The van der Waals surface area contributed by atoms with E-state index in [0.29, 0.717) is 10.5 Å². The number of rotatable bonds is 0. The van der Waals surface area contributed by atoms with Crippen LogP contribution in [0.25, 0.3) is 0 Å². The van der Waals surface area contributed by atoms with Crippen molar-refractivity contribution >= 4 is 10.8 Å². The lowest BCUT2D eigenvalue weighted by atomic mass is 9.97. The van der Waals surface area contributed by atoms with E-state index in [2.05, 4.69) is 0 Å². The molecule has 0 radical (unpaired) electrons. The summed E-state index contributed by atoms with van der Waals surface area (Å²) in [6.07, 6.45) is 4.75. The van der Waals surface area contributed by atoms with E-state index in [0.717, 1.165) is 25.7 Å². The molecule has 64 valence electrons. The number of hydrogen-bond donors (Lipinski definition) is 1. The topological polar surface area (TPSA) is 37.3 Å². The molecule has 2 saturated heterocycles. The summed E-state index contributed by atoms with van der Waals surface area (Å²) in [7, 11) is -0.617. The SMILES string of the molecule is O=S1C2CCCC1CC(O)C2. The molecule has 2 nitrogen and oxygen atoms in total. The summed E-state index contributed by atoms with van der Waals surface area (Å²) in [6.45, 7) is 0. The predicted molar refractivity (Wildman–Crippen MR) is 44.8 cm³/mol. The zero-order valence-corrected chi connectivity index (χ0v) is 7.35. The molecule has 2 heterocycles. The van der Waals surface area contributed by atoms with Crippen molar-refractivity contribution in [2.45, 2.75) is 48.7 Å². The van der Waals surface area contributed by atoms with Crippen molar-refractivity contribution in [3.05, 3.63) is 0 Å². The Morgan fingerprint density at radius 1 is 1.18 bits per heavy atom. The fourth-order valence-corrected chi connectivity index (χ4v) is 4.37. The van der Waals surface area contributed by atoms with Crippen molar-refractivity contribution in [3.8, 4) is 0 Å². The van der Waals surface area contributed by atoms with Crippen LogP contribution < -0.4 is 0 Å². The highest BCUT2D eigenvalue weighted by Crippen LogP contribution is 2.33. The molecule has 0 spiro atoms. The van der Waals surface area contributed by atoms with Crippen LogP contribution in [0.3, 0.4) is 0 Å². The first kappa shape index (κ1) is 7.74. The van der Waals surface area contributed by atoms with Gasteiger partial charge in [-0.3, -0.25) is 4.21 Å². The molecule has 0 aromatic rings. The lowest BCUT2D eigenvalue weighted by Crippen LogP contribution is -2.41. The summed E-state index contributed by atoms with van der Waals surface area (Å²) in [5.74, 6) is 0. The summed E-state index contributed by atoms with van der Waals surface area (Å²) in [6, 6.07) is 0. The van der Waals surface area contributed by atoms with Gasteiger partial charge in [0.15, 0.2) is 0 Å². The van der Waals surface area contributed by atoms with E-state index < -0.39 is 10.8 Å². The lowest BCUT2D eigenvalue weighted by molar-refractivity contribution is 0.137. The minimum Gasteiger partial charge on any atom is -0.393 e. The fourth-order valence-electron chi connectivity index (χ4n) is 2.21. The van der Waals surface area contributed by atoms with E-state index in [1.54, 1.807) is 0 Å². The third kappa shape index (κ3) is 1.36. The van der Waals surface area contributed by atoms with Gasteiger partial charge in [-0.25, -0.2) is 0 Å². The molecule has 2 unspecified atom stereocenters. The molecule has 2 bridgehead atoms. The van der Waals surface area contributed by atoms with Crippen molar-refractivity contribution < 1.29 is 9.32 Å². The average Bonchev–Trinajstić information content (AvgIpc) is 1.92.